The lowest BCUT2D eigenvalue weighted by molar-refractivity contribution is 0.338. The fraction of sp³-hybridized carbons (Fsp3) is 0.778. The second kappa shape index (κ2) is 6.66. The van der Waals surface area contributed by atoms with Crippen molar-refractivity contribution in [2.75, 3.05) is 32.7 Å². The van der Waals surface area contributed by atoms with Crippen LogP contribution >= 0.6 is 23.2 Å². The first-order chi connectivity index (χ1) is 6.33. The number of likely N-dealkylation sites (tertiary alicyclic amines) is 1. The van der Waals surface area contributed by atoms with Crippen LogP contribution in [-0.4, -0.2) is 37.6 Å². The third-order valence-corrected chi connectivity index (χ3v) is 2.83. The van der Waals surface area contributed by atoms with Crippen LogP contribution in [0.2, 0.25) is 0 Å². The number of hydrogen-bond donors (Lipinski definition) is 1. The molecule has 0 radical (unpaired) electrons. The molecule has 0 aliphatic carbocycles. The summed E-state index contributed by atoms with van der Waals surface area (Å²) in [4.78, 5) is 2.46. The normalized spacial score (nSPS) is 19.7. The molecule has 76 valence electrons. The monoisotopic (exact) mass is 222 g/mol. The molecule has 1 N–H and O–H groups in total. The Hall–Kier alpha value is 0.240. The first kappa shape index (κ1) is 11.3. The Balaban J connectivity index is 1.94. The van der Waals surface area contributed by atoms with Gasteiger partial charge in [0.25, 0.3) is 0 Å². The maximum atomic E-state index is 5.71. The summed E-state index contributed by atoms with van der Waals surface area (Å²) in [5, 5.41) is 3.91. The van der Waals surface area contributed by atoms with Crippen LogP contribution < -0.4 is 5.32 Å². The highest BCUT2D eigenvalue weighted by Crippen LogP contribution is 2.05. The fourth-order valence-corrected chi connectivity index (χ4v) is 1.66. The average molecular weight is 223 g/mol. The minimum atomic E-state index is 0.670. The van der Waals surface area contributed by atoms with Crippen LogP contribution in [0.25, 0.3) is 0 Å². The van der Waals surface area contributed by atoms with Crippen molar-refractivity contribution in [3.05, 3.63) is 10.6 Å². The number of hydrogen-bond acceptors (Lipinski definition) is 2. The van der Waals surface area contributed by atoms with Gasteiger partial charge in [-0.1, -0.05) is 23.2 Å². The molecule has 1 rings (SSSR count). The average Bonchev–Trinajstić information content (AvgIpc) is 2.64. The number of rotatable bonds is 5. The molecular formula is C9H16Cl2N2. The van der Waals surface area contributed by atoms with E-state index in [0.29, 0.717) is 11.6 Å². The fourth-order valence-electron chi connectivity index (χ4n) is 1.49. The van der Waals surface area contributed by atoms with E-state index in [9.17, 15) is 0 Å². The van der Waals surface area contributed by atoms with Gasteiger partial charge in [0.2, 0.25) is 0 Å². The molecule has 0 aromatic heterocycles. The van der Waals surface area contributed by atoms with E-state index in [0.717, 1.165) is 13.1 Å². The summed E-state index contributed by atoms with van der Waals surface area (Å²) in [6.07, 6.45) is 2.70. The molecule has 1 heterocycles. The quantitative estimate of drug-likeness (QED) is 0.717. The lowest BCUT2D eigenvalue weighted by Crippen LogP contribution is -2.30. The van der Waals surface area contributed by atoms with Gasteiger partial charge in [0.05, 0.1) is 0 Å². The second-order valence-electron chi connectivity index (χ2n) is 3.28. The van der Waals surface area contributed by atoms with Gasteiger partial charge in [0.1, 0.15) is 0 Å². The van der Waals surface area contributed by atoms with Crippen LogP contribution in [0.1, 0.15) is 12.8 Å². The van der Waals surface area contributed by atoms with Crippen molar-refractivity contribution < 1.29 is 0 Å². The lowest BCUT2D eigenvalue weighted by atomic mass is 10.4. The van der Waals surface area contributed by atoms with E-state index < -0.39 is 0 Å². The van der Waals surface area contributed by atoms with Crippen LogP contribution in [0.5, 0.6) is 0 Å². The molecule has 13 heavy (non-hydrogen) atoms. The Morgan fingerprint density at radius 2 is 2.08 bits per heavy atom. The van der Waals surface area contributed by atoms with E-state index in [1.807, 2.05) is 0 Å². The van der Waals surface area contributed by atoms with Crippen LogP contribution in [0.4, 0.5) is 0 Å². The van der Waals surface area contributed by atoms with Crippen LogP contribution in [0, 0.1) is 0 Å². The van der Waals surface area contributed by atoms with Gasteiger partial charge >= 0.3 is 0 Å². The molecule has 1 aliphatic rings. The first-order valence-electron chi connectivity index (χ1n) is 4.71. The van der Waals surface area contributed by atoms with Gasteiger partial charge in [-0.15, -0.1) is 0 Å². The van der Waals surface area contributed by atoms with Crippen molar-refractivity contribution in [2.45, 2.75) is 12.8 Å². The molecule has 2 nitrogen and oxygen atoms in total. The van der Waals surface area contributed by atoms with Crippen molar-refractivity contribution in [3.63, 3.8) is 0 Å². The molecule has 1 fully saturated rings. The smallest absolute Gasteiger partial charge is 0.0431 e. The first-order valence-corrected chi connectivity index (χ1v) is 5.52. The molecule has 4 heteroatoms. The van der Waals surface area contributed by atoms with E-state index in [1.54, 1.807) is 0 Å². The highest BCUT2D eigenvalue weighted by Gasteiger charge is 2.09. The zero-order valence-electron chi connectivity index (χ0n) is 7.73. The van der Waals surface area contributed by atoms with Crippen molar-refractivity contribution >= 4 is 23.2 Å². The van der Waals surface area contributed by atoms with E-state index in [-0.39, 0.29) is 0 Å². The maximum absolute atomic E-state index is 5.71. The van der Waals surface area contributed by atoms with Gasteiger partial charge in [0.15, 0.2) is 0 Å². The van der Waals surface area contributed by atoms with Crippen molar-refractivity contribution in [3.8, 4) is 0 Å². The Bertz CT molecular complexity index is 165. The van der Waals surface area contributed by atoms with Crippen LogP contribution in [0.15, 0.2) is 10.6 Å². The van der Waals surface area contributed by atoms with Crippen LogP contribution in [0.3, 0.4) is 0 Å². The van der Waals surface area contributed by atoms with Crippen molar-refractivity contribution in [2.24, 2.45) is 0 Å². The predicted molar refractivity (Wildman–Crippen MR) is 58.3 cm³/mol. The van der Waals surface area contributed by atoms with Crippen molar-refractivity contribution in [1.29, 1.82) is 0 Å². The summed E-state index contributed by atoms with van der Waals surface area (Å²) in [5.74, 6) is 0. The molecule has 0 saturated carbocycles. The highest BCUT2D eigenvalue weighted by molar-refractivity contribution is 6.36. The molecule has 0 aromatic rings. The molecule has 0 unspecified atom stereocenters. The lowest BCUT2D eigenvalue weighted by Gasteiger charge is -2.14. The molecule has 0 spiro atoms. The standard InChI is InChI=1S/C9H16Cl2N2/c10-7-9(11)8-12-3-6-13-4-1-2-5-13/h7,12H,1-6,8H2. The Morgan fingerprint density at radius 3 is 2.69 bits per heavy atom. The number of nitrogens with zero attached hydrogens (tertiary/aromatic N) is 1. The van der Waals surface area contributed by atoms with E-state index in [4.69, 9.17) is 23.2 Å². The summed E-state index contributed by atoms with van der Waals surface area (Å²) in [6, 6.07) is 0. The Kier molecular flexibility index (Phi) is 5.80. The van der Waals surface area contributed by atoms with Gasteiger partial charge in [-0.2, -0.15) is 0 Å². The third kappa shape index (κ3) is 4.87. The third-order valence-electron chi connectivity index (χ3n) is 2.22. The molecule has 0 amide bonds. The topological polar surface area (TPSA) is 15.3 Å². The van der Waals surface area contributed by atoms with Gasteiger partial charge in [0, 0.05) is 30.2 Å². The van der Waals surface area contributed by atoms with Gasteiger partial charge in [-0.25, -0.2) is 0 Å². The summed E-state index contributed by atoms with van der Waals surface area (Å²) >= 11 is 11.1. The van der Waals surface area contributed by atoms with Gasteiger partial charge in [-0.05, 0) is 25.9 Å². The SMILES string of the molecule is ClC=C(Cl)CNCCN1CCCC1. The van der Waals surface area contributed by atoms with E-state index in [1.165, 1.54) is 31.5 Å². The Labute approximate surface area is 89.9 Å². The Morgan fingerprint density at radius 1 is 1.38 bits per heavy atom. The summed E-state index contributed by atoms with van der Waals surface area (Å²) in [7, 11) is 0. The molecule has 0 bridgehead atoms. The predicted octanol–water partition coefficient (Wildman–Crippen LogP) is 1.99. The van der Waals surface area contributed by atoms with E-state index >= 15 is 0 Å². The summed E-state index contributed by atoms with van der Waals surface area (Å²) < 4.78 is 0. The molecule has 0 aromatic carbocycles. The van der Waals surface area contributed by atoms with Crippen LogP contribution in [-0.2, 0) is 0 Å². The van der Waals surface area contributed by atoms with Crippen molar-refractivity contribution in [1.82, 2.24) is 10.2 Å². The van der Waals surface area contributed by atoms with E-state index in [2.05, 4.69) is 10.2 Å². The number of halogens is 2. The maximum Gasteiger partial charge on any atom is 0.0431 e. The molecular weight excluding hydrogens is 207 g/mol. The molecule has 0 atom stereocenters. The largest absolute Gasteiger partial charge is 0.310 e. The minimum absolute atomic E-state index is 0.670. The second-order valence-corrected chi connectivity index (χ2v) is 3.99. The molecule has 1 saturated heterocycles. The van der Waals surface area contributed by atoms with Gasteiger partial charge in [-0.3, -0.25) is 0 Å². The summed E-state index contributed by atoms with van der Waals surface area (Å²) in [5.41, 5.74) is 1.41. The minimum Gasteiger partial charge on any atom is -0.310 e. The zero-order valence-corrected chi connectivity index (χ0v) is 9.24. The highest BCUT2D eigenvalue weighted by atomic mass is 35.5. The molecule has 1 aliphatic heterocycles. The van der Waals surface area contributed by atoms with Gasteiger partial charge < -0.3 is 10.2 Å². The summed E-state index contributed by atoms with van der Waals surface area (Å²) in [6.45, 7) is 5.29. The number of nitrogens with one attached hydrogen (secondary N) is 1. The zero-order chi connectivity index (χ0) is 9.52.